The first-order chi connectivity index (χ1) is 12.0. The molecule has 0 aliphatic heterocycles. The Kier molecular flexibility index (Phi) is 4.74. The molecule has 1 N–H and O–H groups in total. The van der Waals surface area contributed by atoms with Gasteiger partial charge in [-0.15, -0.1) is 0 Å². The number of ketones is 1. The smallest absolute Gasteiger partial charge is 0.387 e. The Morgan fingerprint density at radius 3 is 2.48 bits per heavy atom. The van der Waals surface area contributed by atoms with E-state index in [9.17, 15) is 18.4 Å². The van der Waals surface area contributed by atoms with Crippen LogP contribution in [0.3, 0.4) is 0 Å². The molecule has 0 saturated carbocycles. The number of nitrogens with one attached hydrogen (secondary N) is 1. The number of carbonyl (C=O) groups excluding carboxylic acids is 2. The topological polar surface area (TPSA) is 68.4 Å². The third-order valence-electron chi connectivity index (χ3n) is 3.54. The van der Waals surface area contributed by atoms with E-state index in [1.54, 1.807) is 12.1 Å². The molecule has 0 spiro atoms. The van der Waals surface area contributed by atoms with Crippen LogP contribution in [0.2, 0.25) is 0 Å². The quantitative estimate of drug-likeness (QED) is 0.545. The van der Waals surface area contributed by atoms with E-state index in [0.29, 0.717) is 10.9 Å². The minimum atomic E-state index is -2.93. The van der Waals surface area contributed by atoms with Gasteiger partial charge in [-0.05, 0) is 30.3 Å². The monoisotopic (exact) mass is 345 g/mol. The lowest BCUT2D eigenvalue weighted by molar-refractivity contribution is -0.0498. The number of aromatic amines is 1. The SMILES string of the molecule is O=C(COC(=O)c1c[nH]c2ccccc12)c1ccc(OC(F)F)cc1. The second-order valence-electron chi connectivity index (χ2n) is 5.15. The van der Waals surface area contributed by atoms with Crippen molar-refractivity contribution in [2.45, 2.75) is 6.61 Å². The van der Waals surface area contributed by atoms with Crippen LogP contribution in [0.25, 0.3) is 10.9 Å². The number of carbonyl (C=O) groups is 2. The molecule has 7 heteroatoms. The lowest BCUT2D eigenvalue weighted by atomic mass is 10.1. The number of H-pyrrole nitrogens is 1. The van der Waals surface area contributed by atoms with E-state index in [-0.39, 0.29) is 11.3 Å². The van der Waals surface area contributed by atoms with Gasteiger partial charge in [-0.1, -0.05) is 18.2 Å². The number of halogens is 2. The molecule has 0 aliphatic carbocycles. The van der Waals surface area contributed by atoms with Gasteiger partial charge in [0.15, 0.2) is 12.4 Å². The highest BCUT2D eigenvalue weighted by Crippen LogP contribution is 2.19. The first kappa shape index (κ1) is 16.6. The number of fused-ring (bicyclic) bond motifs is 1. The van der Waals surface area contributed by atoms with E-state index in [0.717, 1.165) is 5.52 Å². The van der Waals surface area contributed by atoms with E-state index in [1.165, 1.54) is 30.5 Å². The van der Waals surface area contributed by atoms with Crippen molar-refractivity contribution in [1.29, 1.82) is 0 Å². The molecule has 0 bridgehead atoms. The molecule has 0 fully saturated rings. The third-order valence-corrected chi connectivity index (χ3v) is 3.54. The summed E-state index contributed by atoms with van der Waals surface area (Å²) in [4.78, 5) is 27.1. The fraction of sp³-hybridized carbons (Fsp3) is 0.111. The van der Waals surface area contributed by atoms with Crippen LogP contribution < -0.4 is 4.74 Å². The molecule has 5 nitrogen and oxygen atoms in total. The predicted octanol–water partition coefficient (Wildman–Crippen LogP) is 3.81. The van der Waals surface area contributed by atoms with Gasteiger partial charge in [0.25, 0.3) is 0 Å². The van der Waals surface area contributed by atoms with Crippen molar-refractivity contribution < 1.29 is 27.8 Å². The van der Waals surface area contributed by atoms with Gasteiger partial charge in [0.1, 0.15) is 5.75 Å². The highest BCUT2D eigenvalue weighted by molar-refractivity contribution is 6.05. The molecule has 25 heavy (non-hydrogen) atoms. The summed E-state index contributed by atoms with van der Waals surface area (Å²) in [5.74, 6) is -1.12. The number of rotatable bonds is 6. The molecule has 0 amide bonds. The first-order valence-electron chi connectivity index (χ1n) is 7.36. The van der Waals surface area contributed by atoms with Crippen molar-refractivity contribution in [3.8, 4) is 5.75 Å². The highest BCUT2D eigenvalue weighted by Gasteiger charge is 2.15. The van der Waals surface area contributed by atoms with E-state index < -0.39 is 25.0 Å². The molecule has 3 aromatic rings. The molecule has 2 aromatic carbocycles. The van der Waals surface area contributed by atoms with Crippen LogP contribution in [0.15, 0.2) is 54.7 Å². The predicted molar refractivity (Wildman–Crippen MR) is 86.0 cm³/mol. The normalized spacial score (nSPS) is 10.8. The molecular formula is C18H13F2NO4. The lowest BCUT2D eigenvalue weighted by Crippen LogP contribution is -2.14. The fourth-order valence-electron chi connectivity index (χ4n) is 2.35. The van der Waals surface area contributed by atoms with Gasteiger partial charge in [-0.25, -0.2) is 4.79 Å². The summed E-state index contributed by atoms with van der Waals surface area (Å²) in [5.41, 5.74) is 1.35. The van der Waals surface area contributed by atoms with Crippen LogP contribution in [0.1, 0.15) is 20.7 Å². The van der Waals surface area contributed by atoms with Crippen molar-refractivity contribution in [1.82, 2.24) is 4.98 Å². The molecule has 0 radical (unpaired) electrons. The second-order valence-corrected chi connectivity index (χ2v) is 5.15. The van der Waals surface area contributed by atoms with Gasteiger partial charge < -0.3 is 14.5 Å². The van der Waals surface area contributed by atoms with Gasteiger partial charge in [-0.3, -0.25) is 4.79 Å². The summed E-state index contributed by atoms with van der Waals surface area (Å²) < 4.78 is 33.4. The zero-order valence-electron chi connectivity index (χ0n) is 12.9. The molecule has 0 saturated heterocycles. The van der Waals surface area contributed by atoms with E-state index in [1.807, 2.05) is 12.1 Å². The zero-order chi connectivity index (χ0) is 17.8. The largest absolute Gasteiger partial charge is 0.454 e. The minimum absolute atomic E-state index is 0.0534. The first-order valence-corrected chi connectivity index (χ1v) is 7.36. The van der Waals surface area contributed by atoms with Crippen LogP contribution in [0.5, 0.6) is 5.75 Å². The van der Waals surface area contributed by atoms with Gasteiger partial charge >= 0.3 is 12.6 Å². The fourth-order valence-corrected chi connectivity index (χ4v) is 2.35. The molecule has 3 rings (SSSR count). The average Bonchev–Trinajstić information content (AvgIpc) is 3.03. The van der Waals surface area contributed by atoms with Crippen LogP contribution in [-0.4, -0.2) is 30.0 Å². The molecule has 0 unspecified atom stereocenters. The van der Waals surface area contributed by atoms with Crippen molar-refractivity contribution in [3.05, 3.63) is 65.9 Å². The number of Topliss-reactive ketones (excluding diaryl/α,β-unsaturated/α-hetero) is 1. The van der Waals surface area contributed by atoms with Crippen LogP contribution in [0, 0.1) is 0 Å². The van der Waals surface area contributed by atoms with E-state index in [2.05, 4.69) is 9.72 Å². The van der Waals surface area contributed by atoms with Crippen molar-refractivity contribution in [3.63, 3.8) is 0 Å². The summed E-state index contributed by atoms with van der Waals surface area (Å²) in [6.45, 7) is -3.38. The summed E-state index contributed by atoms with van der Waals surface area (Å²) in [5, 5.41) is 0.702. The number of esters is 1. The zero-order valence-corrected chi connectivity index (χ0v) is 12.9. The standard InChI is InChI=1S/C18H13F2NO4/c19-18(20)25-12-7-5-11(6-8-12)16(22)10-24-17(23)14-9-21-15-4-2-1-3-13(14)15/h1-9,18,21H,10H2. The van der Waals surface area contributed by atoms with Crippen LogP contribution in [0.4, 0.5) is 8.78 Å². The molecule has 128 valence electrons. The molecular weight excluding hydrogens is 332 g/mol. The molecule has 0 atom stereocenters. The molecule has 1 heterocycles. The van der Waals surface area contributed by atoms with Crippen molar-refractivity contribution >= 4 is 22.7 Å². The van der Waals surface area contributed by atoms with E-state index in [4.69, 9.17) is 4.74 Å². The maximum absolute atomic E-state index is 12.1. The van der Waals surface area contributed by atoms with Crippen LogP contribution >= 0.6 is 0 Å². The number of alkyl halides is 2. The third kappa shape index (κ3) is 3.82. The molecule has 0 aliphatic rings. The minimum Gasteiger partial charge on any atom is -0.454 e. The lowest BCUT2D eigenvalue weighted by Gasteiger charge is -2.06. The number of benzene rings is 2. The Labute approximate surface area is 141 Å². The number of hydrogen-bond acceptors (Lipinski definition) is 4. The van der Waals surface area contributed by atoms with Crippen molar-refractivity contribution in [2.75, 3.05) is 6.61 Å². The summed E-state index contributed by atoms with van der Waals surface area (Å²) in [7, 11) is 0. The highest BCUT2D eigenvalue weighted by atomic mass is 19.3. The van der Waals surface area contributed by atoms with Gasteiger partial charge in [-0.2, -0.15) is 8.78 Å². The summed E-state index contributed by atoms with van der Waals surface area (Å²) in [6.07, 6.45) is 1.52. The van der Waals surface area contributed by atoms with Gasteiger partial charge in [0, 0.05) is 22.7 Å². The number of ether oxygens (including phenoxy) is 2. The van der Waals surface area contributed by atoms with Gasteiger partial charge in [0.05, 0.1) is 5.56 Å². The summed E-state index contributed by atoms with van der Waals surface area (Å²) >= 11 is 0. The maximum atomic E-state index is 12.1. The Balaban J connectivity index is 1.63. The number of hydrogen-bond donors (Lipinski definition) is 1. The van der Waals surface area contributed by atoms with E-state index >= 15 is 0 Å². The molecule has 1 aromatic heterocycles. The maximum Gasteiger partial charge on any atom is 0.387 e. The number of para-hydroxylation sites is 1. The second kappa shape index (κ2) is 7.12. The summed E-state index contributed by atoms with van der Waals surface area (Å²) in [6, 6.07) is 12.4. The average molecular weight is 345 g/mol. The van der Waals surface area contributed by atoms with Crippen molar-refractivity contribution in [2.24, 2.45) is 0 Å². The van der Waals surface area contributed by atoms with Gasteiger partial charge in [0.2, 0.25) is 0 Å². The Morgan fingerprint density at radius 2 is 1.76 bits per heavy atom. The Hall–Kier alpha value is -3.22. The Bertz CT molecular complexity index is 903. The van der Waals surface area contributed by atoms with Crippen LogP contribution in [-0.2, 0) is 4.74 Å². The number of aromatic nitrogens is 1. The Morgan fingerprint density at radius 1 is 1.04 bits per heavy atom.